The Morgan fingerprint density at radius 2 is 1.97 bits per heavy atom. The third kappa shape index (κ3) is 6.19. The van der Waals surface area contributed by atoms with E-state index in [9.17, 15) is 14.7 Å². The highest BCUT2D eigenvalue weighted by Gasteiger charge is 2.40. The van der Waals surface area contributed by atoms with E-state index in [-0.39, 0.29) is 29.7 Å². The summed E-state index contributed by atoms with van der Waals surface area (Å²) in [7, 11) is 0. The number of halogens is 1. The van der Waals surface area contributed by atoms with Crippen LogP contribution in [0.4, 0.5) is 4.79 Å². The highest BCUT2D eigenvalue weighted by atomic mass is 35.5. The van der Waals surface area contributed by atoms with Gasteiger partial charge in [0.15, 0.2) is 0 Å². The van der Waals surface area contributed by atoms with Crippen LogP contribution in [0.1, 0.15) is 70.8 Å². The van der Waals surface area contributed by atoms with Gasteiger partial charge in [-0.25, -0.2) is 4.79 Å². The molecule has 2 fully saturated rings. The number of amides is 2. The zero-order valence-corrected chi connectivity index (χ0v) is 21.8. The molecule has 3 aliphatic carbocycles. The lowest BCUT2D eigenvalue weighted by Gasteiger charge is -2.36. The minimum Gasteiger partial charge on any atom is -0.508 e. The summed E-state index contributed by atoms with van der Waals surface area (Å²) in [5.74, 6) is 0.0607. The van der Waals surface area contributed by atoms with E-state index in [2.05, 4.69) is 5.32 Å². The van der Waals surface area contributed by atoms with E-state index in [0.29, 0.717) is 41.1 Å². The number of benzene rings is 1. The SMILES string of the molecule is CC(C)(C)OC(=O)N/C=C1/CC(N(C(=O)C2=CCC(c3c(O)cccc3Cl)C=C2)C2CC2)CCC1=N. The Balaban J connectivity index is 1.45. The predicted molar refractivity (Wildman–Crippen MR) is 140 cm³/mol. The maximum absolute atomic E-state index is 13.6. The molecule has 0 aliphatic heterocycles. The number of carbonyl (C=O) groups is 2. The molecule has 1 aromatic carbocycles. The molecule has 0 heterocycles. The van der Waals surface area contributed by atoms with Crippen LogP contribution >= 0.6 is 11.6 Å². The standard InChI is InChI=1S/C28H34ClN3O4/c1-28(2,3)36-27(35)31-16-19-15-21(13-14-23(19)30)32(20-11-12-20)26(34)18-9-7-17(8-10-18)25-22(29)5-4-6-24(25)33/h4-7,9-10,16-17,20-21,30,33H,8,11-15H2,1-3H3,(H,31,35)/b19-16-,30-23?. The van der Waals surface area contributed by atoms with Crippen molar-refractivity contribution in [3.05, 3.63) is 64.4 Å². The average molecular weight is 512 g/mol. The zero-order valence-electron chi connectivity index (χ0n) is 21.0. The van der Waals surface area contributed by atoms with Crippen LogP contribution in [0.15, 0.2) is 53.8 Å². The molecule has 0 saturated heterocycles. The lowest BCUT2D eigenvalue weighted by Crippen LogP contribution is -2.45. The van der Waals surface area contributed by atoms with E-state index in [0.717, 1.165) is 24.8 Å². The molecule has 4 rings (SSSR count). The number of carbonyl (C=O) groups excluding carboxylic acids is 2. The number of rotatable bonds is 5. The molecule has 2 atom stereocenters. The number of hydrogen-bond acceptors (Lipinski definition) is 5. The Labute approximate surface area is 217 Å². The van der Waals surface area contributed by atoms with Crippen molar-refractivity contribution in [1.29, 1.82) is 5.41 Å². The number of hydrogen-bond donors (Lipinski definition) is 3. The van der Waals surface area contributed by atoms with E-state index >= 15 is 0 Å². The number of nitrogens with one attached hydrogen (secondary N) is 2. The smallest absolute Gasteiger partial charge is 0.411 e. The summed E-state index contributed by atoms with van der Waals surface area (Å²) in [6.07, 6.45) is 11.0. The lowest BCUT2D eigenvalue weighted by atomic mass is 9.86. The highest BCUT2D eigenvalue weighted by Crippen LogP contribution is 2.39. The molecule has 2 saturated carbocycles. The van der Waals surface area contributed by atoms with Gasteiger partial charge in [-0.3, -0.25) is 10.1 Å². The number of nitrogens with zero attached hydrogens (tertiary/aromatic N) is 1. The second-order valence-electron chi connectivity index (χ2n) is 10.7. The second kappa shape index (κ2) is 10.5. The molecule has 7 nitrogen and oxygen atoms in total. The van der Waals surface area contributed by atoms with Crippen LogP contribution in [0.5, 0.6) is 5.75 Å². The van der Waals surface area contributed by atoms with Crippen LogP contribution in [0.3, 0.4) is 0 Å². The van der Waals surface area contributed by atoms with Gasteiger partial charge >= 0.3 is 6.09 Å². The van der Waals surface area contributed by atoms with Crippen molar-refractivity contribution in [2.75, 3.05) is 0 Å². The van der Waals surface area contributed by atoms with Gasteiger partial charge in [0, 0.05) is 46.1 Å². The van der Waals surface area contributed by atoms with Gasteiger partial charge in [-0.1, -0.05) is 35.9 Å². The summed E-state index contributed by atoms with van der Waals surface area (Å²) in [6, 6.07) is 5.26. The van der Waals surface area contributed by atoms with Gasteiger partial charge < -0.3 is 20.2 Å². The molecule has 192 valence electrons. The Kier molecular flexibility index (Phi) is 7.59. The third-order valence-electron chi connectivity index (χ3n) is 6.65. The summed E-state index contributed by atoms with van der Waals surface area (Å²) < 4.78 is 5.29. The fourth-order valence-corrected chi connectivity index (χ4v) is 5.11. The molecule has 1 aromatic rings. The van der Waals surface area contributed by atoms with Crippen molar-refractivity contribution in [2.45, 2.75) is 82.9 Å². The van der Waals surface area contributed by atoms with Gasteiger partial charge in [0.25, 0.3) is 5.91 Å². The first kappa shape index (κ1) is 26.0. The predicted octanol–water partition coefficient (Wildman–Crippen LogP) is 5.99. The largest absolute Gasteiger partial charge is 0.508 e. The fraction of sp³-hybridized carbons (Fsp3) is 0.464. The van der Waals surface area contributed by atoms with Crippen molar-refractivity contribution >= 4 is 29.3 Å². The van der Waals surface area contributed by atoms with E-state index in [4.69, 9.17) is 21.7 Å². The van der Waals surface area contributed by atoms with Gasteiger partial charge in [0.2, 0.25) is 0 Å². The summed E-state index contributed by atoms with van der Waals surface area (Å²) in [4.78, 5) is 27.7. The summed E-state index contributed by atoms with van der Waals surface area (Å²) in [5, 5.41) is 21.8. The molecule has 0 radical (unpaired) electrons. The van der Waals surface area contributed by atoms with Crippen molar-refractivity contribution in [3.8, 4) is 5.75 Å². The van der Waals surface area contributed by atoms with Crippen LogP contribution in [0, 0.1) is 5.41 Å². The summed E-state index contributed by atoms with van der Waals surface area (Å²) in [5.41, 5.74) is 1.91. The Morgan fingerprint density at radius 1 is 1.22 bits per heavy atom. The van der Waals surface area contributed by atoms with Crippen molar-refractivity contribution in [3.63, 3.8) is 0 Å². The molecular formula is C28H34ClN3O4. The second-order valence-corrected chi connectivity index (χ2v) is 11.1. The molecule has 2 amide bonds. The van der Waals surface area contributed by atoms with E-state index in [1.165, 1.54) is 0 Å². The maximum atomic E-state index is 13.6. The Bertz CT molecular complexity index is 1120. The summed E-state index contributed by atoms with van der Waals surface area (Å²) >= 11 is 6.32. The topological polar surface area (TPSA) is 103 Å². The molecular weight excluding hydrogens is 478 g/mol. The number of allylic oxidation sites excluding steroid dienone is 2. The quantitative estimate of drug-likeness (QED) is 0.452. The number of aromatic hydroxyl groups is 1. The van der Waals surface area contributed by atoms with E-state index < -0.39 is 11.7 Å². The van der Waals surface area contributed by atoms with Gasteiger partial charge in [-0.15, -0.1) is 0 Å². The van der Waals surface area contributed by atoms with Gasteiger partial charge in [0.1, 0.15) is 11.4 Å². The Hall–Kier alpha value is -3.06. The first-order valence-corrected chi connectivity index (χ1v) is 12.9. The molecule has 0 aromatic heterocycles. The van der Waals surface area contributed by atoms with Crippen LogP contribution in [-0.4, -0.2) is 45.4 Å². The minimum absolute atomic E-state index is 0.00605. The highest BCUT2D eigenvalue weighted by molar-refractivity contribution is 6.31. The molecule has 0 bridgehead atoms. The average Bonchev–Trinajstić information content (AvgIpc) is 3.63. The van der Waals surface area contributed by atoms with Crippen molar-refractivity contribution in [2.24, 2.45) is 0 Å². The first-order valence-electron chi connectivity index (χ1n) is 12.5. The normalized spacial score (nSPS) is 23.3. The van der Waals surface area contributed by atoms with E-state index in [1.54, 1.807) is 45.2 Å². The van der Waals surface area contributed by atoms with Crippen molar-refractivity contribution < 1.29 is 19.4 Å². The van der Waals surface area contributed by atoms with Crippen LogP contribution in [-0.2, 0) is 9.53 Å². The molecule has 36 heavy (non-hydrogen) atoms. The fourth-order valence-electron chi connectivity index (χ4n) is 4.81. The summed E-state index contributed by atoms with van der Waals surface area (Å²) in [6.45, 7) is 5.39. The molecule has 8 heteroatoms. The van der Waals surface area contributed by atoms with Crippen LogP contribution in [0.25, 0.3) is 0 Å². The molecule has 0 spiro atoms. The number of alkyl carbamates (subject to hydrolysis) is 1. The lowest BCUT2D eigenvalue weighted by molar-refractivity contribution is -0.129. The third-order valence-corrected chi connectivity index (χ3v) is 6.98. The van der Waals surface area contributed by atoms with Gasteiger partial charge in [0.05, 0.1) is 0 Å². The minimum atomic E-state index is -0.606. The maximum Gasteiger partial charge on any atom is 0.411 e. The van der Waals surface area contributed by atoms with Crippen LogP contribution < -0.4 is 5.32 Å². The number of phenols is 1. The molecule has 3 aliphatic rings. The van der Waals surface area contributed by atoms with Gasteiger partial charge in [-0.2, -0.15) is 0 Å². The number of ether oxygens (including phenoxy) is 1. The Morgan fingerprint density at radius 3 is 2.58 bits per heavy atom. The number of phenolic OH excluding ortho intramolecular Hbond substituents is 1. The van der Waals surface area contributed by atoms with E-state index in [1.807, 2.05) is 23.1 Å². The molecule has 2 unspecified atom stereocenters. The zero-order chi connectivity index (χ0) is 26.0. The van der Waals surface area contributed by atoms with Crippen LogP contribution in [0.2, 0.25) is 5.02 Å². The molecule has 3 N–H and O–H groups in total. The van der Waals surface area contributed by atoms with Crippen molar-refractivity contribution in [1.82, 2.24) is 10.2 Å². The first-order chi connectivity index (χ1) is 17.0. The van der Waals surface area contributed by atoms with Gasteiger partial charge in [-0.05, 0) is 77.0 Å². The monoisotopic (exact) mass is 511 g/mol.